The number of likely N-dealkylation sites (tertiary alicyclic amines) is 1. The first-order valence-corrected chi connectivity index (χ1v) is 8.28. The molecule has 1 aliphatic carbocycles. The number of Topliss-reactive ketones (excluding diaryl/α,β-unsaturated/α-hetero) is 1. The van der Waals surface area contributed by atoms with Crippen molar-refractivity contribution in [1.29, 1.82) is 5.26 Å². The molecule has 2 N–H and O–H groups in total. The summed E-state index contributed by atoms with van der Waals surface area (Å²) in [7, 11) is 0. The van der Waals surface area contributed by atoms with E-state index in [0.29, 0.717) is 13.1 Å². The zero-order chi connectivity index (χ0) is 17.8. The number of rotatable bonds is 7. The summed E-state index contributed by atoms with van der Waals surface area (Å²) in [5.74, 6) is -3.61. The van der Waals surface area contributed by atoms with Crippen LogP contribution in [0.2, 0.25) is 0 Å². The molecular formula is C16H24F2N4O2. The molecule has 0 aromatic heterocycles. The van der Waals surface area contributed by atoms with E-state index in [1.807, 2.05) is 6.07 Å². The highest BCUT2D eigenvalue weighted by Gasteiger charge is 2.46. The zero-order valence-corrected chi connectivity index (χ0v) is 13.9. The van der Waals surface area contributed by atoms with Crippen molar-refractivity contribution in [3.8, 4) is 6.07 Å². The molecule has 0 bridgehead atoms. The van der Waals surface area contributed by atoms with Crippen LogP contribution in [0.4, 0.5) is 13.6 Å². The van der Waals surface area contributed by atoms with Gasteiger partial charge < -0.3 is 10.2 Å². The van der Waals surface area contributed by atoms with Gasteiger partial charge in [-0.15, -0.1) is 0 Å². The summed E-state index contributed by atoms with van der Waals surface area (Å²) in [5.41, 5.74) is 0.220. The second kappa shape index (κ2) is 7.43. The van der Waals surface area contributed by atoms with Crippen LogP contribution in [0.1, 0.15) is 39.0 Å². The number of nitrogens with zero attached hydrogens (tertiary/aromatic N) is 2. The van der Waals surface area contributed by atoms with E-state index in [1.54, 1.807) is 4.90 Å². The number of amides is 2. The van der Waals surface area contributed by atoms with Crippen LogP contribution in [0.15, 0.2) is 0 Å². The van der Waals surface area contributed by atoms with Crippen molar-refractivity contribution < 1.29 is 18.4 Å². The highest BCUT2D eigenvalue weighted by molar-refractivity contribution is 5.90. The molecule has 134 valence electrons. The van der Waals surface area contributed by atoms with E-state index in [9.17, 15) is 18.4 Å². The maximum absolute atomic E-state index is 13.4. The number of carbonyl (C=O) groups excluding carboxylic acids is 2. The van der Waals surface area contributed by atoms with Crippen LogP contribution in [0.5, 0.6) is 0 Å². The molecular weight excluding hydrogens is 318 g/mol. The van der Waals surface area contributed by atoms with Crippen molar-refractivity contribution in [1.82, 2.24) is 15.5 Å². The first-order valence-electron chi connectivity index (χ1n) is 8.28. The van der Waals surface area contributed by atoms with Crippen molar-refractivity contribution in [3.05, 3.63) is 0 Å². The summed E-state index contributed by atoms with van der Waals surface area (Å²) in [6.07, 6.45) is 3.46. The fourth-order valence-corrected chi connectivity index (χ4v) is 3.18. The Bertz CT molecular complexity index is 523. The van der Waals surface area contributed by atoms with Gasteiger partial charge in [0.2, 0.25) is 5.92 Å². The SMILES string of the molecule is CC(F)(F)CC(NC(=O)N1CCCC2(CC2)C1)C(=O)CNCC#N. The second-order valence-corrected chi connectivity index (χ2v) is 7.03. The highest BCUT2D eigenvalue weighted by Crippen LogP contribution is 2.51. The summed E-state index contributed by atoms with van der Waals surface area (Å²) in [6.45, 7) is 1.67. The van der Waals surface area contributed by atoms with Gasteiger partial charge in [0, 0.05) is 19.5 Å². The molecule has 0 radical (unpaired) electrons. The molecule has 1 unspecified atom stereocenters. The van der Waals surface area contributed by atoms with Crippen LogP contribution in [0.25, 0.3) is 0 Å². The van der Waals surface area contributed by atoms with Gasteiger partial charge in [0.25, 0.3) is 0 Å². The number of piperidine rings is 1. The molecule has 1 saturated carbocycles. The third-order valence-corrected chi connectivity index (χ3v) is 4.66. The van der Waals surface area contributed by atoms with Crippen LogP contribution < -0.4 is 10.6 Å². The van der Waals surface area contributed by atoms with Gasteiger partial charge in [0.15, 0.2) is 5.78 Å². The Kier molecular flexibility index (Phi) is 5.75. The lowest BCUT2D eigenvalue weighted by molar-refractivity contribution is -0.122. The molecule has 0 aromatic carbocycles. The molecule has 1 spiro atoms. The van der Waals surface area contributed by atoms with Gasteiger partial charge in [-0.05, 0) is 38.0 Å². The number of alkyl halides is 2. The minimum Gasteiger partial charge on any atom is -0.328 e. The quantitative estimate of drug-likeness (QED) is 0.544. The molecule has 2 fully saturated rings. The summed E-state index contributed by atoms with van der Waals surface area (Å²) in [5, 5.41) is 13.5. The summed E-state index contributed by atoms with van der Waals surface area (Å²) < 4.78 is 26.7. The molecule has 1 heterocycles. The van der Waals surface area contributed by atoms with Gasteiger partial charge >= 0.3 is 6.03 Å². The average Bonchev–Trinajstić information content (AvgIpc) is 3.24. The maximum atomic E-state index is 13.4. The third-order valence-electron chi connectivity index (χ3n) is 4.66. The number of nitrogens with one attached hydrogen (secondary N) is 2. The Morgan fingerprint density at radius 2 is 2.08 bits per heavy atom. The van der Waals surface area contributed by atoms with Crippen molar-refractivity contribution in [2.75, 3.05) is 26.2 Å². The molecule has 2 aliphatic rings. The lowest BCUT2D eigenvalue weighted by atomic mass is 9.95. The normalized spacial score (nSPS) is 20.3. The van der Waals surface area contributed by atoms with Crippen molar-refractivity contribution >= 4 is 11.8 Å². The first-order chi connectivity index (χ1) is 11.2. The second-order valence-electron chi connectivity index (χ2n) is 7.03. The van der Waals surface area contributed by atoms with Crippen LogP contribution >= 0.6 is 0 Å². The molecule has 2 rings (SSSR count). The van der Waals surface area contributed by atoms with Crippen LogP contribution in [-0.4, -0.2) is 54.9 Å². The standard InChI is InChI=1S/C16H24F2N4O2/c1-15(17,18)9-12(13(23)10-20-7-6-19)21-14(24)22-8-2-3-16(11-22)4-5-16/h12,20H,2-5,7-11H2,1H3,(H,21,24). The van der Waals surface area contributed by atoms with E-state index in [1.165, 1.54) is 0 Å². The number of urea groups is 1. The fourth-order valence-electron chi connectivity index (χ4n) is 3.18. The van der Waals surface area contributed by atoms with E-state index >= 15 is 0 Å². The van der Waals surface area contributed by atoms with E-state index in [0.717, 1.165) is 32.6 Å². The Labute approximate surface area is 140 Å². The lowest BCUT2D eigenvalue weighted by Gasteiger charge is -2.34. The van der Waals surface area contributed by atoms with Crippen molar-refractivity contribution in [2.24, 2.45) is 5.41 Å². The van der Waals surface area contributed by atoms with Crippen LogP contribution in [0.3, 0.4) is 0 Å². The van der Waals surface area contributed by atoms with Gasteiger partial charge in [-0.1, -0.05) is 0 Å². The Morgan fingerprint density at radius 1 is 1.38 bits per heavy atom. The topological polar surface area (TPSA) is 85.2 Å². The molecule has 6 nitrogen and oxygen atoms in total. The Morgan fingerprint density at radius 3 is 2.67 bits per heavy atom. The molecule has 1 atom stereocenters. The minimum atomic E-state index is -3.07. The molecule has 2 amide bonds. The predicted molar refractivity (Wildman–Crippen MR) is 83.5 cm³/mol. The Hall–Kier alpha value is -1.75. The molecule has 1 saturated heterocycles. The number of hydrogen-bond donors (Lipinski definition) is 2. The highest BCUT2D eigenvalue weighted by atomic mass is 19.3. The van der Waals surface area contributed by atoms with E-state index in [4.69, 9.17) is 5.26 Å². The maximum Gasteiger partial charge on any atom is 0.318 e. The summed E-state index contributed by atoms with van der Waals surface area (Å²) in [4.78, 5) is 26.1. The smallest absolute Gasteiger partial charge is 0.318 e. The van der Waals surface area contributed by atoms with Crippen molar-refractivity contribution in [2.45, 2.75) is 51.0 Å². The molecule has 1 aliphatic heterocycles. The monoisotopic (exact) mass is 342 g/mol. The van der Waals surface area contributed by atoms with Gasteiger partial charge in [-0.2, -0.15) is 5.26 Å². The zero-order valence-electron chi connectivity index (χ0n) is 13.9. The number of ketones is 1. The van der Waals surface area contributed by atoms with Gasteiger partial charge in [-0.3, -0.25) is 10.1 Å². The van der Waals surface area contributed by atoms with Crippen LogP contribution in [0, 0.1) is 16.7 Å². The van der Waals surface area contributed by atoms with Gasteiger partial charge in [0.05, 0.1) is 25.2 Å². The third kappa shape index (κ3) is 5.41. The van der Waals surface area contributed by atoms with Gasteiger partial charge in [0.1, 0.15) is 0 Å². The average molecular weight is 342 g/mol. The fraction of sp³-hybridized carbons (Fsp3) is 0.812. The lowest BCUT2D eigenvalue weighted by Crippen LogP contribution is -2.53. The van der Waals surface area contributed by atoms with E-state index in [2.05, 4.69) is 10.6 Å². The van der Waals surface area contributed by atoms with Crippen molar-refractivity contribution in [3.63, 3.8) is 0 Å². The summed E-state index contributed by atoms with van der Waals surface area (Å²) in [6, 6.07) is 0.0937. The van der Waals surface area contributed by atoms with Gasteiger partial charge in [-0.25, -0.2) is 13.6 Å². The predicted octanol–water partition coefficient (Wildman–Crippen LogP) is 1.67. The molecule has 24 heavy (non-hydrogen) atoms. The number of hydrogen-bond acceptors (Lipinski definition) is 4. The number of nitriles is 1. The molecule has 0 aromatic rings. The minimum absolute atomic E-state index is 0.0520. The van der Waals surface area contributed by atoms with Crippen LogP contribution in [-0.2, 0) is 4.79 Å². The first kappa shape index (κ1) is 18.6. The number of carbonyl (C=O) groups is 2. The molecule has 8 heteroatoms. The number of halogens is 2. The van der Waals surface area contributed by atoms with E-state index < -0.39 is 30.2 Å². The Balaban J connectivity index is 1.94. The largest absolute Gasteiger partial charge is 0.328 e. The summed E-state index contributed by atoms with van der Waals surface area (Å²) >= 11 is 0. The van der Waals surface area contributed by atoms with E-state index in [-0.39, 0.29) is 18.5 Å².